The van der Waals surface area contributed by atoms with Crippen molar-refractivity contribution in [2.45, 2.75) is 12.6 Å². The van der Waals surface area contributed by atoms with Crippen LogP contribution in [0.2, 0.25) is 0 Å². The van der Waals surface area contributed by atoms with E-state index >= 15 is 0 Å². The van der Waals surface area contributed by atoms with Gasteiger partial charge < -0.3 is 19.1 Å². The van der Waals surface area contributed by atoms with Crippen molar-refractivity contribution < 1.29 is 14.2 Å². The number of methoxy groups -OCH3 is 1. The first-order chi connectivity index (χ1) is 17.8. The number of rotatable bonds is 7. The van der Waals surface area contributed by atoms with Crippen LogP contribution in [0.25, 0.3) is 0 Å². The van der Waals surface area contributed by atoms with Crippen molar-refractivity contribution in [1.29, 1.82) is 0 Å². The van der Waals surface area contributed by atoms with Crippen LogP contribution in [-0.2, 0) is 6.54 Å². The maximum absolute atomic E-state index is 5.77. The van der Waals surface area contributed by atoms with E-state index in [1.54, 1.807) is 7.11 Å². The highest BCUT2D eigenvalue weighted by Crippen LogP contribution is 2.36. The van der Waals surface area contributed by atoms with Gasteiger partial charge in [0, 0.05) is 37.4 Å². The minimum Gasteiger partial charge on any atom is -0.496 e. The zero-order valence-electron chi connectivity index (χ0n) is 20.2. The molecule has 2 aliphatic rings. The lowest BCUT2D eigenvalue weighted by Crippen LogP contribution is -2.48. The number of ether oxygens (including phenoxy) is 3. The van der Waals surface area contributed by atoms with Crippen LogP contribution < -0.4 is 19.1 Å². The van der Waals surface area contributed by atoms with Gasteiger partial charge in [0.1, 0.15) is 11.8 Å². The highest BCUT2D eigenvalue weighted by Gasteiger charge is 2.32. The Kier molecular flexibility index (Phi) is 6.13. The largest absolute Gasteiger partial charge is 0.496 e. The second-order valence-electron chi connectivity index (χ2n) is 8.89. The summed E-state index contributed by atoms with van der Waals surface area (Å²) in [4.78, 5) is 4.87. The van der Waals surface area contributed by atoms with Crippen LogP contribution in [0.1, 0.15) is 23.0 Å². The molecule has 1 aromatic heterocycles. The summed E-state index contributed by atoms with van der Waals surface area (Å²) in [5.41, 5.74) is 3.34. The molecular weight excluding hydrogens is 456 g/mol. The number of piperazine rings is 1. The van der Waals surface area contributed by atoms with E-state index in [0.29, 0.717) is 6.54 Å². The Morgan fingerprint density at radius 2 is 1.67 bits per heavy atom. The third-order valence-corrected chi connectivity index (χ3v) is 6.81. The molecule has 36 heavy (non-hydrogen) atoms. The second-order valence-corrected chi connectivity index (χ2v) is 8.89. The first-order valence-corrected chi connectivity index (χ1v) is 12.1. The van der Waals surface area contributed by atoms with Crippen molar-refractivity contribution in [1.82, 2.24) is 25.1 Å². The fraction of sp³-hybridized carbons (Fsp3) is 0.296. The van der Waals surface area contributed by atoms with Crippen LogP contribution in [0.15, 0.2) is 72.8 Å². The summed E-state index contributed by atoms with van der Waals surface area (Å²) < 4.78 is 18.7. The van der Waals surface area contributed by atoms with Crippen molar-refractivity contribution in [3.8, 4) is 17.2 Å². The highest BCUT2D eigenvalue weighted by atomic mass is 16.7. The van der Waals surface area contributed by atoms with Crippen LogP contribution in [0.5, 0.6) is 17.2 Å². The minimum atomic E-state index is -0.150. The van der Waals surface area contributed by atoms with Gasteiger partial charge in [-0.05, 0) is 46.3 Å². The summed E-state index contributed by atoms with van der Waals surface area (Å²) in [7, 11) is 1.71. The van der Waals surface area contributed by atoms with Gasteiger partial charge in [0.25, 0.3) is 0 Å². The van der Waals surface area contributed by atoms with Crippen molar-refractivity contribution in [2.75, 3.05) is 45.0 Å². The lowest BCUT2D eigenvalue weighted by molar-refractivity contribution is 0.174. The molecule has 0 radical (unpaired) electrons. The van der Waals surface area contributed by atoms with Crippen molar-refractivity contribution >= 4 is 5.69 Å². The molecule has 184 valence electrons. The Hall–Kier alpha value is -4.11. The maximum Gasteiger partial charge on any atom is 0.231 e. The van der Waals surface area contributed by atoms with Gasteiger partial charge in [0.05, 0.1) is 13.7 Å². The molecule has 9 heteroatoms. The zero-order chi connectivity index (χ0) is 24.3. The average molecular weight is 485 g/mol. The Morgan fingerprint density at radius 3 is 2.50 bits per heavy atom. The molecular formula is C27H28N6O3. The van der Waals surface area contributed by atoms with Gasteiger partial charge >= 0.3 is 0 Å². The number of nitrogens with zero attached hydrogens (tertiary/aromatic N) is 6. The van der Waals surface area contributed by atoms with Crippen LogP contribution >= 0.6 is 0 Å². The van der Waals surface area contributed by atoms with E-state index in [2.05, 4.69) is 61.7 Å². The van der Waals surface area contributed by atoms with Gasteiger partial charge in [-0.2, -0.15) is 0 Å². The standard InChI is InChI=1S/C27H28N6O3/c1-34-23-10-6-5-9-22(23)26(32-15-13-31(14-16-32)21-7-3-2-4-8-21)27-28-29-30-33(27)18-20-11-12-24-25(17-20)36-19-35-24/h2-12,17,26H,13-16,18-19H2,1H3/t26-/m1/s1. The van der Waals surface area contributed by atoms with E-state index in [4.69, 9.17) is 14.2 Å². The number of aromatic nitrogens is 4. The van der Waals surface area contributed by atoms with Gasteiger partial charge in [0.15, 0.2) is 17.3 Å². The fourth-order valence-corrected chi connectivity index (χ4v) is 5.00. The number of fused-ring (bicyclic) bond motifs is 1. The topological polar surface area (TPSA) is 77.8 Å². The molecule has 0 bridgehead atoms. The van der Waals surface area contributed by atoms with Crippen LogP contribution in [-0.4, -0.2) is 65.2 Å². The Labute approximate surface area is 209 Å². The number of benzene rings is 3. The van der Waals surface area contributed by atoms with Crippen molar-refractivity contribution in [3.63, 3.8) is 0 Å². The third-order valence-electron chi connectivity index (χ3n) is 6.81. The number of anilines is 1. The summed E-state index contributed by atoms with van der Waals surface area (Å²) in [5.74, 6) is 3.12. The van der Waals surface area contributed by atoms with Gasteiger partial charge in [-0.15, -0.1) is 5.10 Å². The SMILES string of the molecule is COc1ccccc1[C@H](c1nnnn1Cc1ccc2c(c1)OCO2)N1CCN(c2ccccc2)CC1. The van der Waals surface area contributed by atoms with Gasteiger partial charge in [-0.3, -0.25) is 4.90 Å². The van der Waals surface area contributed by atoms with Crippen molar-refractivity contribution in [3.05, 3.63) is 89.7 Å². The molecule has 0 N–H and O–H groups in total. The van der Waals surface area contributed by atoms with Gasteiger partial charge in [0.2, 0.25) is 6.79 Å². The Balaban J connectivity index is 1.31. The molecule has 1 atom stereocenters. The highest BCUT2D eigenvalue weighted by molar-refractivity contribution is 5.47. The summed E-state index contributed by atoms with van der Waals surface area (Å²) in [6.07, 6.45) is 0. The van der Waals surface area contributed by atoms with E-state index in [9.17, 15) is 0 Å². The zero-order valence-corrected chi connectivity index (χ0v) is 20.2. The van der Waals surface area contributed by atoms with E-state index in [1.807, 2.05) is 41.1 Å². The molecule has 0 aliphatic carbocycles. The molecule has 2 aliphatic heterocycles. The third kappa shape index (κ3) is 4.33. The molecule has 0 spiro atoms. The first kappa shape index (κ1) is 22.4. The lowest BCUT2D eigenvalue weighted by atomic mass is 10.0. The molecule has 6 rings (SSSR count). The molecule has 4 aromatic rings. The summed E-state index contributed by atoms with van der Waals surface area (Å²) in [5, 5.41) is 13.0. The van der Waals surface area contributed by atoms with E-state index in [1.165, 1.54) is 5.69 Å². The molecule has 1 fully saturated rings. The van der Waals surface area contributed by atoms with E-state index < -0.39 is 0 Å². The van der Waals surface area contributed by atoms with Gasteiger partial charge in [-0.25, -0.2) is 4.68 Å². The van der Waals surface area contributed by atoms with E-state index in [-0.39, 0.29) is 12.8 Å². The fourth-order valence-electron chi connectivity index (χ4n) is 5.00. The molecule has 3 aromatic carbocycles. The molecule has 1 saturated heterocycles. The quantitative estimate of drug-likeness (QED) is 0.395. The number of hydrogen-bond donors (Lipinski definition) is 0. The summed E-state index contributed by atoms with van der Waals surface area (Å²) in [6.45, 7) is 4.34. The number of hydrogen-bond acceptors (Lipinski definition) is 8. The number of para-hydroxylation sites is 2. The van der Waals surface area contributed by atoms with Crippen LogP contribution in [0, 0.1) is 0 Å². The normalized spacial score (nSPS) is 16.2. The lowest BCUT2D eigenvalue weighted by Gasteiger charge is -2.40. The number of tetrazole rings is 1. The Bertz CT molecular complexity index is 1320. The molecule has 0 saturated carbocycles. The average Bonchev–Trinajstić information content (AvgIpc) is 3.59. The predicted molar refractivity (Wildman–Crippen MR) is 135 cm³/mol. The summed E-state index contributed by atoms with van der Waals surface area (Å²) in [6, 6.07) is 24.5. The monoisotopic (exact) mass is 484 g/mol. The van der Waals surface area contributed by atoms with Crippen molar-refractivity contribution in [2.24, 2.45) is 0 Å². The smallest absolute Gasteiger partial charge is 0.231 e. The molecule has 9 nitrogen and oxygen atoms in total. The van der Waals surface area contributed by atoms with E-state index in [0.717, 1.165) is 60.4 Å². The van der Waals surface area contributed by atoms with Crippen LogP contribution in [0.3, 0.4) is 0 Å². The Morgan fingerprint density at radius 1 is 0.889 bits per heavy atom. The second kappa shape index (κ2) is 9.87. The minimum absolute atomic E-state index is 0.150. The summed E-state index contributed by atoms with van der Waals surface area (Å²) >= 11 is 0. The maximum atomic E-state index is 5.77. The predicted octanol–water partition coefficient (Wildman–Crippen LogP) is 3.37. The van der Waals surface area contributed by atoms with Gasteiger partial charge in [-0.1, -0.05) is 42.5 Å². The van der Waals surface area contributed by atoms with Crippen LogP contribution in [0.4, 0.5) is 5.69 Å². The first-order valence-electron chi connectivity index (χ1n) is 12.1. The molecule has 0 amide bonds. The molecule has 0 unspecified atom stereocenters. The molecule has 3 heterocycles.